The zero-order valence-electron chi connectivity index (χ0n) is 14.2. The molecule has 134 valence electrons. The highest BCUT2D eigenvalue weighted by atomic mass is 35.5. The molecule has 1 unspecified atom stereocenters. The maximum atomic E-state index is 12.8. The van der Waals surface area contributed by atoms with Gasteiger partial charge in [-0.25, -0.2) is 0 Å². The Bertz CT molecular complexity index is 871. The Morgan fingerprint density at radius 2 is 2.08 bits per heavy atom. The maximum absolute atomic E-state index is 12.8. The van der Waals surface area contributed by atoms with Crippen LogP contribution in [0.1, 0.15) is 41.2 Å². The molecule has 0 spiro atoms. The first kappa shape index (κ1) is 17.4. The van der Waals surface area contributed by atoms with Crippen molar-refractivity contribution in [3.63, 3.8) is 0 Å². The summed E-state index contributed by atoms with van der Waals surface area (Å²) in [5.41, 5.74) is 2.32. The van der Waals surface area contributed by atoms with Gasteiger partial charge in [0.1, 0.15) is 0 Å². The van der Waals surface area contributed by atoms with Crippen molar-refractivity contribution in [2.45, 2.75) is 30.2 Å². The normalized spacial score (nSPS) is 19.3. The third kappa shape index (κ3) is 3.33. The highest BCUT2D eigenvalue weighted by molar-refractivity contribution is 7.99. The average Bonchev–Trinajstić information content (AvgIpc) is 3.08. The molecule has 1 atom stereocenters. The molecule has 4 nitrogen and oxygen atoms in total. The van der Waals surface area contributed by atoms with E-state index in [4.69, 9.17) is 11.6 Å². The molecule has 1 saturated heterocycles. The summed E-state index contributed by atoms with van der Waals surface area (Å²) in [6, 6.07) is 13.3. The number of thioether (sulfide) groups is 1. The number of rotatable bonds is 3. The number of nitrogens with one attached hydrogen (secondary N) is 1. The van der Waals surface area contributed by atoms with Crippen LogP contribution in [-0.4, -0.2) is 24.1 Å². The number of carbonyl (C=O) groups is 2. The van der Waals surface area contributed by atoms with E-state index in [-0.39, 0.29) is 17.9 Å². The largest absolute Gasteiger partial charge is 0.345 e. The van der Waals surface area contributed by atoms with Gasteiger partial charge >= 0.3 is 0 Å². The van der Waals surface area contributed by atoms with Crippen molar-refractivity contribution in [2.24, 2.45) is 0 Å². The van der Waals surface area contributed by atoms with Gasteiger partial charge in [0, 0.05) is 29.2 Å². The standard InChI is InChI=1S/C20H19ClN2O2S/c21-15-8-7-13(12-17(15)23-10-3-6-19(23)24)20(25)22-16-9-11-26-18-5-2-1-4-14(16)18/h1-2,4-5,7-8,12,16H,3,6,9-11H2,(H,22,25). The quantitative estimate of drug-likeness (QED) is 0.848. The summed E-state index contributed by atoms with van der Waals surface area (Å²) in [6.45, 7) is 0.650. The molecule has 0 bridgehead atoms. The number of nitrogens with zero attached hydrogens (tertiary/aromatic N) is 1. The lowest BCUT2D eigenvalue weighted by molar-refractivity contribution is -0.117. The molecule has 0 aromatic heterocycles. The minimum absolute atomic E-state index is 0.00694. The fourth-order valence-electron chi connectivity index (χ4n) is 3.50. The lowest BCUT2D eigenvalue weighted by Gasteiger charge is -2.26. The third-order valence-corrected chi connectivity index (χ3v) is 6.28. The second kappa shape index (κ2) is 7.33. The van der Waals surface area contributed by atoms with Crippen LogP contribution in [0.5, 0.6) is 0 Å². The Balaban J connectivity index is 1.57. The van der Waals surface area contributed by atoms with Crippen molar-refractivity contribution >= 4 is 40.9 Å². The molecule has 6 heteroatoms. The molecule has 1 N–H and O–H groups in total. The summed E-state index contributed by atoms with van der Waals surface area (Å²) in [4.78, 5) is 27.7. The summed E-state index contributed by atoms with van der Waals surface area (Å²) in [6.07, 6.45) is 2.25. The van der Waals surface area contributed by atoms with E-state index in [1.165, 1.54) is 10.5 Å². The summed E-state index contributed by atoms with van der Waals surface area (Å²) in [5, 5.41) is 3.64. The molecule has 0 saturated carbocycles. The average molecular weight is 387 g/mol. The fraction of sp³-hybridized carbons (Fsp3) is 0.300. The van der Waals surface area contributed by atoms with Crippen LogP contribution in [0, 0.1) is 0 Å². The minimum Gasteiger partial charge on any atom is -0.345 e. The number of halogens is 1. The summed E-state index contributed by atoms with van der Waals surface area (Å²) in [7, 11) is 0. The molecule has 4 rings (SSSR count). The second-order valence-electron chi connectivity index (χ2n) is 6.52. The van der Waals surface area contributed by atoms with Crippen LogP contribution in [-0.2, 0) is 4.79 Å². The first-order valence-corrected chi connectivity index (χ1v) is 10.1. The number of hydrogen-bond acceptors (Lipinski definition) is 3. The van der Waals surface area contributed by atoms with E-state index in [9.17, 15) is 9.59 Å². The monoisotopic (exact) mass is 386 g/mol. The highest BCUT2D eigenvalue weighted by Gasteiger charge is 2.26. The molecule has 2 amide bonds. The van der Waals surface area contributed by atoms with Crippen molar-refractivity contribution in [1.82, 2.24) is 5.32 Å². The van der Waals surface area contributed by atoms with Crippen molar-refractivity contribution in [2.75, 3.05) is 17.2 Å². The van der Waals surface area contributed by atoms with Crippen molar-refractivity contribution < 1.29 is 9.59 Å². The molecule has 2 aromatic rings. The Hall–Kier alpha value is -1.98. The van der Waals surface area contributed by atoms with Crippen LogP contribution >= 0.6 is 23.4 Å². The molecule has 0 aliphatic carbocycles. The number of amides is 2. The van der Waals surface area contributed by atoms with Gasteiger partial charge in [0.15, 0.2) is 0 Å². The minimum atomic E-state index is -0.138. The van der Waals surface area contributed by atoms with Crippen LogP contribution in [0.25, 0.3) is 0 Å². The van der Waals surface area contributed by atoms with Gasteiger partial charge in [-0.2, -0.15) is 0 Å². The SMILES string of the molecule is O=C(NC1CCSc2ccccc21)c1ccc(Cl)c(N2CCCC2=O)c1. The zero-order chi connectivity index (χ0) is 18.1. The van der Waals surface area contributed by atoms with Gasteiger partial charge in [0.25, 0.3) is 5.91 Å². The van der Waals surface area contributed by atoms with Gasteiger partial charge in [0.05, 0.1) is 16.8 Å². The van der Waals surface area contributed by atoms with E-state index in [1.54, 1.807) is 23.1 Å². The van der Waals surface area contributed by atoms with Gasteiger partial charge in [-0.15, -0.1) is 11.8 Å². The van der Waals surface area contributed by atoms with Gasteiger partial charge in [-0.3, -0.25) is 9.59 Å². The van der Waals surface area contributed by atoms with E-state index in [0.717, 1.165) is 18.6 Å². The molecule has 2 aromatic carbocycles. The van der Waals surface area contributed by atoms with Gasteiger partial charge in [-0.1, -0.05) is 29.8 Å². The Morgan fingerprint density at radius 1 is 1.23 bits per heavy atom. The number of anilines is 1. The predicted molar refractivity (Wildman–Crippen MR) is 105 cm³/mol. The lowest BCUT2D eigenvalue weighted by Crippen LogP contribution is -2.31. The molecule has 0 radical (unpaired) electrons. The molecule has 26 heavy (non-hydrogen) atoms. The first-order valence-electron chi connectivity index (χ1n) is 8.76. The lowest BCUT2D eigenvalue weighted by atomic mass is 10.0. The smallest absolute Gasteiger partial charge is 0.251 e. The molecule has 1 fully saturated rings. The van der Waals surface area contributed by atoms with Crippen molar-refractivity contribution in [3.05, 3.63) is 58.6 Å². The fourth-order valence-corrected chi connectivity index (χ4v) is 4.84. The Labute approximate surface area is 161 Å². The van der Waals surface area contributed by atoms with Crippen LogP contribution in [0.4, 0.5) is 5.69 Å². The van der Waals surface area contributed by atoms with Gasteiger partial charge in [0.2, 0.25) is 5.91 Å². The van der Waals surface area contributed by atoms with E-state index in [0.29, 0.717) is 29.2 Å². The van der Waals surface area contributed by atoms with Crippen molar-refractivity contribution in [3.8, 4) is 0 Å². The molecule has 2 aliphatic rings. The maximum Gasteiger partial charge on any atom is 0.251 e. The third-order valence-electron chi connectivity index (χ3n) is 4.84. The predicted octanol–water partition coefficient (Wildman–Crippen LogP) is 4.43. The number of fused-ring (bicyclic) bond motifs is 1. The van der Waals surface area contributed by atoms with Crippen LogP contribution in [0.15, 0.2) is 47.4 Å². The topological polar surface area (TPSA) is 49.4 Å². The molecule has 2 heterocycles. The molecule has 2 aliphatic heterocycles. The molecular weight excluding hydrogens is 368 g/mol. The van der Waals surface area contributed by atoms with Crippen LogP contribution < -0.4 is 10.2 Å². The highest BCUT2D eigenvalue weighted by Crippen LogP contribution is 2.36. The summed E-state index contributed by atoms with van der Waals surface area (Å²) in [5.74, 6) is 0.903. The van der Waals surface area contributed by atoms with E-state index < -0.39 is 0 Å². The second-order valence-corrected chi connectivity index (χ2v) is 8.06. The Morgan fingerprint density at radius 3 is 2.88 bits per heavy atom. The van der Waals surface area contributed by atoms with E-state index in [2.05, 4.69) is 17.4 Å². The van der Waals surface area contributed by atoms with Gasteiger partial charge in [-0.05, 0) is 42.7 Å². The Kier molecular flexibility index (Phi) is 4.92. The van der Waals surface area contributed by atoms with Crippen molar-refractivity contribution in [1.29, 1.82) is 0 Å². The summed E-state index contributed by atoms with van der Waals surface area (Å²) < 4.78 is 0. The zero-order valence-corrected chi connectivity index (χ0v) is 15.8. The summed E-state index contributed by atoms with van der Waals surface area (Å²) >= 11 is 8.10. The number of hydrogen-bond donors (Lipinski definition) is 1. The first-order chi connectivity index (χ1) is 12.6. The van der Waals surface area contributed by atoms with Crippen LogP contribution in [0.3, 0.4) is 0 Å². The van der Waals surface area contributed by atoms with Crippen LogP contribution in [0.2, 0.25) is 5.02 Å². The van der Waals surface area contributed by atoms with Gasteiger partial charge < -0.3 is 10.2 Å². The number of carbonyl (C=O) groups excluding carboxylic acids is 2. The number of benzene rings is 2. The van der Waals surface area contributed by atoms with E-state index in [1.807, 2.05) is 23.9 Å². The van der Waals surface area contributed by atoms with E-state index >= 15 is 0 Å². The molecular formula is C20H19ClN2O2S.